The van der Waals surface area contributed by atoms with Crippen LogP contribution in [0.25, 0.3) is 0 Å². The van der Waals surface area contributed by atoms with Gasteiger partial charge in [0.1, 0.15) is 11.6 Å². The van der Waals surface area contributed by atoms with Crippen molar-refractivity contribution in [2.24, 2.45) is 0 Å². The van der Waals surface area contributed by atoms with Crippen LogP contribution < -0.4 is 10.6 Å². The Morgan fingerprint density at radius 1 is 1.35 bits per heavy atom. The van der Waals surface area contributed by atoms with Crippen molar-refractivity contribution in [3.8, 4) is 0 Å². The van der Waals surface area contributed by atoms with Crippen LogP contribution in [0.1, 0.15) is 6.92 Å². The predicted molar refractivity (Wildman–Crippen MR) is 69.1 cm³/mol. The van der Waals surface area contributed by atoms with Gasteiger partial charge in [0, 0.05) is 32.0 Å². The molecule has 1 atom stereocenters. The lowest BCUT2D eigenvalue weighted by Gasteiger charge is -2.15. The second kappa shape index (κ2) is 5.34. The first-order valence-electron chi connectivity index (χ1n) is 5.65. The number of nitrogens with one attached hydrogen (secondary N) is 2. The quantitative estimate of drug-likeness (QED) is 0.824. The summed E-state index contributed by atoms with van der Waals surface area (Å²) in [7, 11) is 1.86. The van der Waals surface area contributed by atoms with E-state index in [4.69, 9.17) is 0 Å². The van der Waals surface area contributed by atoms with Crippen LogP contribution in [0.3, 0.4) is 0 Å². The van der Waals surface area contributed by atoms with E-state index in [0.29, 0.717) is 6.04 Å². The topological polar surface area (TPSA) is 54.8 Å². The first-order chi connectivity index (χ1) is 8.28. The summed E-state index contributed by atoms with van der Waals surface area (Å²) in [4.78, 5) is 8.43. The molecule has 0 fully saturated rings. The Kier molecular flexibility index (Phi) is 3.59. The molecule has 0 bridgehead atoms. The first-order valence-corrected chi connectivity index (χ1v) is 5.65. The second-order valence-corrected chi connectivity index (χ2v) is 3.96. The summed E-state index contributed by atoms with van der Waals surface area (Å²) in [5.74, 6) is 1.74. The van der Waals surface area contributed by atoms with E-state index in [1.54, 1.807) is 6.20 Å². The van der Waals surface area contributed by atoms with Crippen molar-refractivity contribution in [2.45, 2.75) is 19.5 Å². The summed E-state index contributed by atoms with van der Waals surface area (Å²) in [6, 6.07) is 6.17. The highest BCUT2D eigenvalue weighted by Gasteiger charge is 2.03. The summed E-state index contributed by atoms with van der Waals surface area (Å²) < 4.78 is 2.04. The van der Waals surface area contributed by atoms with Gasteiger partial charge >= 0.3 is 0 Å². The van der Waals surface area contributed by atoms with Crippen LogP contribution in [0.15, 0.2) is 36.9 Å². The van der Waals surface area contributed by atoms with E-state index in [9.17, 15) is 0 Å². The van der Waals surface area contributed by atoms with Gasteiger partial charge in [-0.25, -0.2) is 9.97 Å². The molecule has 0 aromatic carbocycles. The van der Waals surface area contributed by atoms with Crippen molar-refractivity contribution in [3.63, 3.8) is 0 Å². The van der Waals surface area contributed by atoms with Crippen LogP contribution >= 0.6 is 0 Å². The van der Waals surface area contributed by atoms with Gasteiger partial charge < -0.3 is 15.2 Å². The maximum absolute atomic E-state index is 4.41. The minimum Gasteiger partial charge on any atom is -0.373 e. The lowest BCUT2D eigenvalue weighted by atomic mass is 10.3. The summed E-state index contributed by atoms with van der Waals surface area (Å²) in [6.45, 7) is 2.99. The smallest absolute Gasteiger partial charge is 0.128 e. The highest BCUT2D eigenvalue weighted by molar-refractivity contribution is 5.45. The summed E-state index contributed by atoms with van der Waals surface area (Å²) in [6.07, 6.45) is 5.55. The van der Waals surface area contributed by atoms with Crippen molar-refractivity contribution in [2.75, 3.05) is 17.7 Å². The van der Waals surface area contributed by atoms with E-state index >= 15 is 0 Å². The third-order valence-corrected chi connectivity index (χ3v) is 2.44. The second-order valence-electron chi connectivity index (χ2n) is 3.96. The van der Waals surface area contributed by atoms with E-state index in [0.717, 1.165) is 18.2 Å². The van der Waals surface area contributed by atoms with Crippen LogP contribution in [0.5, 0.6) is 0 Å². The SMILES string of the molecule is CNc1cccc(NC(C)Cn2ccnc2)n1. The number of pyridine rings is 1. The van der Waals surface area contributed by atoms with Gasteiger partial charge in [0.15, 0.2) is 0 Å². The maximum Gasteiger partial charge on any atom is 0.128 e. The Hall–Kier alpha value is -2.04. The summed E-state index contributed by atoms with van der Waals surface area (Å²) in [5.41, 5.74) is 0. The van der Waals surface area contributed by atoms with Crippen molar-refractivity contribution in [1.82, 2.24) is 14.5 Å². The van der Waals surface area contributed by atoms with Crippen LogP contribution in [0.2, 0.25) is 0 Å². The number of hydrogen-bond acceptors (Lipinski definition) is 4. The Balaban J connectivity index is 1.95. The number of rotatable bonds is 5. The van der Waals surface area contributed by atoms with Gasteiger partial charge in [0.25, 0.3) is 0 Å². The van der Waals surface area contributed by atoms with Gasteiger partial charge in [-0.3, -0.25) is 0 Å². The zero-order valence-electron chi connectivity index (χ0n) is 10.1. The minimum absolute atomic E-state index is 0.295. The van der Waals surface area contributed by atoms with Crippen LogP contribution in [-0.2, 0) is 6.54 Å². The first kappa shape index (κ1) is 11.4. The number of anilines is 2. The lowest BCUT2D eigenvalue weighted by molar-refractivity contribution is 0.617. The molecule has 2 rings (SSSR count). The Bertz CT molecular complexity index is 452. The average molecular weight is 231 g/mol. The fourth-order valence-electron chi connectivity index (χ4n) is 1.66. The fourth-order valence-corrected chi connectivity index (χ4v) is 1.66. The normalized spacial score (nSPS) is 12.1. The predicted octanol–water partition coefficient (Wildman–Crippen LogP) is 1.82. The molecular formula is C12H17N5. The molecule has 1 unspecified atom stereocenters. The van der Waals surface area contributed by atoms with E-state index in [1.807, 2.05) is 42.3 Å². The zero-order valence-corrected chi connectivity index (χ0v) is 10.1. The molecule has 17 heavy (non-hydrogen) atoms. The van der Waals surface area contributed by atoms with Gasteiger partial charge in [-0.1, -0.05) is 6.07 Å². The third-order valence-electron chi connectivity index (χ3n) is 2.44. The monoisotopic (exact) mass is 231 g/mol. The summed E-state index contributed by atoms with van der Waals surface area (Å²) >= 11 is 0. The van der Waals surface area contributed by atoms with Gasteiger partial charge in [0.2, 0.25) is 0 Å². The molecule has 0 saturated carbocycles. The number of nitrogens with zero attached hydrogens (tertiary/aromatic N) is 3. The zero-order chi connectivity index (χ0) is 12.1. The Morgan fingerprint density at radius 3 is 2.88 bits per heavy atom. The Morgan fingerprint density at radius 2 is 2.18 bits per heavy atom. The highest BCUT2D eigenvalue weighted by atomic mass is 15.1. The molecule has 2 aromatic heterocycles. The van der Waals surface area contributed by atoms with Gasteiger partial charge in [-0.2, -0.15) is 0 Å². The molecule has 0 aliphatic heterocycles. The van der Waals surface area contributed by atoms with Gasteiger partial charge in [-0.15, -0.1) is 0 Å². The fraction of sp³-hybridized carbons (Fsp3) is 0.333. The van der Waals surface area contributed by atoms with Crippen LogP contribution in [0.4, 0.5) is 11.6 Å². The number of aromatic nitrogens is 3. The third kappa shape index (κ3) is 3.21. The molecule has 0 amide bonds. The van der Waals surface area contributed by atoms with Crippen molar-refractivity contribution in [3.05, 3.63) is 36.9 Å². The molecule has 5 nitrogen and oxygen atoms in total. The lowest BCUT2D eigenvalue weighted by Crippen LogP contribution is -2.21. The van der Waals surface area contributed by atoms with Crippen LogP contribution in [-0.4, -0.2) is 27.6 Å². The van der Waals surface area contributed by atoms with Crippen LogP contribution in [0, 0.1) is 0 Å². The van der Waals surface area contributed by atoms with Crippen molar-refractivity contribution >= 4 is 11.6 Å². The van der Waals surface area contributed by atoms with E-state index < -0.39 is 0 Å². The van der Waals surface area contributed by atoms with Crippen molar-refractivity contribution < 1.29 is 0 Å². The van der Waals surface area contributed by atoms with Gasteiger partial charge in [-0.05, 0) is 19.1 Å². The molecular weight excluding hydrogens is 214 g/mol. The Labute approximate surface area is 101 Å². The number of hydrogen-bond donors (Lipinski definition) is 2. The maximum atomic E-state index is 4.41. The molecule has 0 aliphatic carbocycles. The molecule has 2 N–H and O–H groups in total. The molecule has 2 heterocycles. The molecule has 0 radical (unpaired) electrons. The molecule has 90 valence electrons. The molecule has 0 saturated heterocycles. The largest absolute Gasteiger partial charge is 0.373 e. The molecule has 0 aliphatic rings. The average Bonchev–Trinajstić information content (AvgIpc) is 2.82. The molecule has 2 aromatic rings. The van der Waals surface area contributed by atoms with Gasteiger partial charge in [0.05, 0.1) is 6.33 Å². The van der Waals surface area contributed by atoms with E-state index in [2.05, 4.69) is 27.5 Å². The molecule has 0 spiro atoms. The molecule has 5 heteroatoms. The van der Waals surface area contributed by atoms with E-state index in [-0.39, 0.29) is 0 Å². The van der Waals surface area contributed by atoms with Crippen molar-refractivity contribution in [1.29, 1.82) is 0 Å². The standard InChI is InChI=1S/C12H17N5/c1-10(8-17-7-6-14-9-17)15-12-5-3-4-11(13-2)16-12/h3-7,9-10H,8H2,1-2H3,(H2,13,15,16). The highest BCUT2D eigenvalue weighted by Crippen LogP contribution is 2.10. The minimum atomic E-state index is 0.295. The summed E-state index contributed by atoms with van der Waals surface area (Å²) in [5, 5.41) is 6.37. The van der Waals surface area contributed by atoms with E-state index in [1.165, 1.54) is 0 Å². The number of imidazole rings is 1.